The van der Waals surface area contributed by atoms with Gasteiger partial charge in [0.25, 0.3) is 0 Å². The monoisotopic (exact) mass is 249 g/mol. The molecular formula is C12H11NO3S. The van der Waals surface area contributed by atoms with Crippen molar-refractivity contribution >= 4 is 28.6 Å². The number of aliphatic carboxylic acids is 1. The maximum Gasteiger partial charge on any atom is 0.317 e. The zero-order valence-electron chi connectivity index (χ0n) is 8.88. The zero-order chi connectivity index (χ0) is 12.0. The topological polar surface area (TPSA) is 73.3 Å². The maximum absolute atomic E-state index is 11.2. The van der Waals surface area contributed by atoms with E-state index in [1.807, 2.05) is 24.4 Å². The van der Waals surface area contributed by atoms with Crippen molar-refractivity contribution in [3.8, 4) is 0 Å². The Morgan fingerprint density at radius 2 is 2.29 bits per heavy atom. The fourth-order valence-corrected chi connectivity index (χ4v) is 3.64. The highest BCUT2D eigenvalue weighted by atomic mass is 32.2. The van der Waals surface area contributed by atoms with E-state index in [9.17, 15) is 15.0 Å². The molecule has 4 nitrogen and oxygen atoms in total. The minimum absolute atomic E-state index is 0.148. The minimum atomic E-state index is -0.877. The lowest BCUT2D eigenvalue weighted by atomic mass is 9.95. The van der Waals surface area contributed by atoms with Crippen molar-refractivity contribution in [1.82, 2.24) is 4.98 Å². The summed E-state index contributed by atoms with van der Waals surface area (Å²) in [5.74, 6) is -1.22. The number of thioether (sulfide) groups is 1. The molecule has 2 heterocycles. The Morgan fingerprint density at radius 1 is 1.47 bits per heavy atom. The van der Waals surface area contributed by atoms with Gasteiger partial charge in [0.05, 0.1) is 6.61 Å². The molecule has 1 aliphatic rings. The number of H-pyrrole nitrogens is 1. The van der Waals surface area contributed by atoms with Crippen LogP contribution < -0.4 is 0 Å². The van der Waals surface area contributed by atoms with Gasteiger partial charge < -0.3 is 15.2 Å². The molecule has 0 bridgehead atoms. The summed E-state index contributed by atoms with van der Waals surface area (Å²) in [5, 5.41) is 19.1. The van der Waals surface area contributed by atoms with Gasteiger partial charge in [0.1, 0.15) is 5.25 Å². The first-order valence-electron chi connectivity index (χ1n) is 5.32. The number of carboxylic acid groups (broad SMARTS) is 1. The van der Waals surface area contributed by atoms with Gasteiger partial charge in [-0.25, -0.2) is 0 Å². The van der Waals surface area contributed by atoms with Crippen LogP contribution >= 0.6 is 11.8 Å². The number of aromatic amines is 1. The highest BCUT2D eigenvalue weighted by Crippen LogP contribution is 2.45. The standard InChI is InChI=1S/C12H11NO3S/c14-5-7-6-4-13-8-2-1-3-9(10(6)8)17-11(7)12(15)16/h1-4,7,11,13-14H,5H2,(H,15,16)/t7-,11+/m0/s1. The fraction of sp³-hybridized carbons (Fsp3) is 0.250. The maximum atomic E-state index is 11.2. The Morgan fingerprint density at radius 3 is 3.00 bits per heavy atom. The number of nitrogens with one attached hydrogen (secondary N) is 1. The smallest absolute Gasteiger partial charge is 0.317 e. The van der Waals surface area contributed by atoms with Crippen molar-refractivity contribution < 1.29 is 15.0 Å². The summed E-state index contributed by atoms with van der Waals surface area (Å²) in [6.45, 7) is -0.148. The van der Waals surface area contributed by atoms with Crippen molar-refractivity contribution in [2.45, 2.75) is 16.1 Å². The summed E-state index contributed by atoms with van der Waals surface area (Å²) in [6, 6.07) is 5.79. The van der Waals surface area contributed by atoms with Crippen LogP contribution in [0.3, 0.4) is 0 Å². The van der Waals surface area contributed by atoms with Crippen molar-refractivity contribution in [2.24, 2.45) is 0 Å². The van der Waals surface area contributed by atoms with E-state index in [2.05, 4.69) is 4.98 Å². The summed E-state index contributed by atoms with van der Waals surface area (Å²) >= 11 is 1.32. The van der Waals surface area contributed by atoms with Crippen LogP contribution in [0.15, 0.2) is 29.3 Å². The average Bonchev–Trinajstić information content (AvgIpc) is 2.75. The van der Waals surface area contributed by atoms with Gasteiger partial charge in [-0.05, 0) is 17.7 Å². The van der Waals surface area contributed by atoms with Crippen LogP contribution in [0.4, 0.5) is 0 Å². The third kappa shape index (κ3) is 1.46. The zero-order valence-corrected chi connectivity index (χ0v) is 9.70. The second-order valence-electron chi connectivity index (χ2n) is 4.09. The number of hydrogen-bond donors (Lipinski definition) is 3. The highest BCUT2D eigenvalue weighted by Gasteiger charge is 2.36. The van der Waals surface area contributed by atoms with E-state index in [0.717, 1.165) is 21.4 Å². The number of carbonyl (C=O) groups is 1. The molecule has 2 atom stereocenters. The molecule has 5 heteroatoms. The Labute approximate surface area is 102 Å². The predicted molar refractivity (Wildman–Crippen MR) is 65.4 cm³/mol. The van der Waals surface area contributed by atoms with Gasteiger partial charge >= 0.3 is 5.97 Å². The number of hydrogen-bond acceptors (Lipinski definition) is 3. The van der Waals surface area contributed by atoms with Gasteiger partial charge in [-0.3, -0.25) is 4.79 Å². The summed E-state index contributed by atoms with van der Waals surface area (Å²) in [6.07, 6.45) is 1.81. The number of aliphatic hydroxyl groups is 1. The van der Waals surface area contributed by atoms with E-state index < -0.39 is 11.2 Å². The molecule has 0 unspecified atom stereocenters. The van der Waals surface area contributed by atoms with Gasteiger partial charge in [-0.2, -0.15) is 0 Å². The van der Waals surface area contributed by atoms with E-state index in [1.165, 1.54) is 11.8 Å². The average molecular weight is 249 g/mol. The molecule has 0 aliphatic carbocycles. The Bertz CT molecular complexity index is 592. The quantitative estimate of drug-likeness (QED) is 0.758. The lowest BCUT2D eigenvalue weighted by molar-refractivity contribution is -0.137. The molecule has 0 radical (unpaired) electrons. The first-order chi connectivity index (χ1) is 8.22. The van der Waals surface area contributed by atoms with Gasteiger partial charge in [-0.15, -0.1) is 11.8 Å². The Hall–Kier alpha value is -1.46. The van der Waals surface area contributed by atoms with Crippen LogP contribution in [-0.4, -0.2) is 33.0 Å². The van der Waals surface area contributed by atoms with E-state index in [4.69, 9.17) is 0 Å². The van der Waals surface area contributed by atoms with E-state index in [-0.39, 0.29) is 12.5 Å². The molecule has 1 aromatic carbocycles. The van der Waals surface area contributed by atoms with Gasteiger partial charge in [0.15, 0.2) is 0 Å². The van der Waals surface area contributed by atoms with Crippen LogP contribution in [0, 0.1) is 0 Å². The summed E-state index contributed by atoms with van der Waals surface area (Å²) < 4.78 is 0. The first-order valence-corrected chi connectivity index (χ1v) is 6.20. The first kappa shape index (κ1) is 10.7. The van der Waals surface area contributed by atoms with Crippen molar-refractivity contribution in [3.05, 3.63) is 30.0 Å². The molecule has 3 rings (SSSR count). The van der Waals surface area contributed by atoms with Crippen molar-refractivity contribution in [3.63, 3.8) is 0 Å². The van der Waals surface area contributed by atoms with Crippen molar-refractivity contribution in [1.29, 1.82) is 0 Å². The number of rotatable bonds is 2. The Kier molecular flexibility index (Phi) is 2.38. The second kappa shape index (κ2) is 3.78. The van der Waals surface area contributed by atoms with Gasteiger partial charge in [-0.1, -0.05) is 6.07 Å². The van der Waals surface area contributed by atoms with Crippen molar-refractivity contribution in [2.75, 3.05) is 6.61 Å². The molecule has 3 N–H and O–H groups in total. The molecule has 1 aromatic heterocycles. The molecular weight excluding hydrogens is 238 g/mol. The van der Waals surface area contributed by atoms with E-state index in [0.29, 0.717) is 0 Å². The largest absolute Gasteiger partial charge is 0.480 e. The number of aliphatic hydroxyl groups excluding tert-OH is 1. The van der Waals surface area contributed by atoms with E-state index >= 15 is 0 Å². The second-order valence-corrected chi connectivity index (χ2v) is 5.27. The predicted octanol–water partition coefficient (Wildman–Crippen LogP) is 1.80. The SMILES string of the molecule is O=C(O)[C@@H]1Sc2cccc3[nH]cc(c23)[C@@H]1CO. The molecule has 17 heavy (non-hydrogen) atoms. The molecule has 0 amide bonds. The Balaban J connectivity index is 2.24. The number of benzene rings is 1. The summed E-state index contributed by atoms with van der Waals surface area (Å²) in [5.41, 5.74) is 1.90. The van der Waals surface area contributed by atoms with E-state index in [1.54, 1.807) is 0 Å². The number of aromatic nitrogens is 1. The molecule has 88 valence electrons. The molecule has 2 aromatic rings. The minimum Gasteiger partial charge on any atom is -0.480 e. The van der Waals surface area contributed by atoms with Crippen LogP contribution in [0.25, 0.3) is 10.9 Å². The molecule has 0 saturated heterocycles. The normalized spacial score (nSPS) is 22.9. The van der Waals surface area contributed by atoms with Crippen LogP contribution in [0.2, 0.25) is 0 Å². The summed E-state index contributed by atoms with van der Waals surface area (Å²) in [7, 11) is 0. The molecule has 1 aliphatic heterocycles. The molecule has 0 fully saturated rings. The number of carboxylic acids is 1. The third-order valence-corrected chi connectivity index (χ3v) is 4.54. The highest BCUT2D eigenvalue weighted by molar-refractivity contribution is 8.01. The van der Waals surface area contributed by atoms with Gasteiger partial charge in [0.2, 0.25) is 0 Å². The lowest BCUT2D eigenvalue weighted by Crippen LogP contribution is -2.29. The van der Waals surface area contributed by atoms with Gasteiger partial charge in [0, 0.05) is 27.9 Å². The summed E-state index contributed by atoms with van der Waals surface area (Å²) in [4.78, 5) is 15.3. The van der Waals surface area contributed by atoms with Crippen LogP contribution in [-0.2, 0) is 4.79 Å². The lowest BCUT2D eigenvalue weighted by Gasteiger charge is -2.26. The molecule has 0 saturated carbocycles. The van der Waals surface area contributed by atoms with Crippen LogP contribution in [0.1, 0.15) is 11.5 Å². The molecule has 0 spiro atoms. The van der Waals surface area contributed by atoms with Crippen LogP contribution in [0.5, 0.6) is 0 Å². The third-order valence-electron chi connectivity index (χ3n) is 3.16. The fourth-order valence-electron chi connectivity index (χ4n) is 2.37.